The molecule has 23 heavy (non-hydrogen) atoms. The molecule has 5 N–H and O–H groups in total. The maximum atomic E-state index is 11.5. The zero-order valence-electron chi connectivity index (χ0n) is 14.5. The van der Waals surface area contributed by atoms with Crippen LogP contribution in [-0.2, 0) is 4.74 Å². The summed E-state index contributed by atoms with van der Waals surface area (Å²) in [5.74, 6) is 0. The molecule has 0 bridgehead atoms. The van der Waals surface area contributed by atoms with Crippen LogP contribution in [0.15, 0.2) is 12.1 Å². The van der Waals surface area contributed by atoms with Gasteiger partial charge in [0, 0.05) is 12.2 Å². The Labute approximate surface area is 137 Å². The number of carbonyl (C=O) groups excluding carboxylic acids is 1. The normalized spacial score (nSPS) is 14.2. The Morgan fingerprint density at radius 2 is 1.87 bits per heavy atom. The van der Waals surface area contributed by atoms with Crippen LogP contribution in [0, 0.1) is 13.8 Å². The van der Waals surface area contributed by atoms with Crippen molar-refractivity contribution in [2.45, 2.75) is 58.8 Å². The molecule has 0 radical (unpaired) electrons. The summed E-state index contributed by atoms with van der Waals surface area (Å²) in [6.45, 7) is 9.22. The van der Waals surface area contributed by atoms with Gasteiger partial charge in [-0.2, -0.15) is 0 Å². The van der Waals surface area contributed by atoms with Gasteiger partial charge in [-0.1, -0.05) is 6.07 Å². The Bertz CT molecular complexity index is 552. The first kappa shape index (κ1) is 19.3. The standard InChI is InChI=1S/C17H28N2O4/c1-10-9-13(18)11(2)8-12(10)15(21)14(20)6-7-19-16(22)23-17(3,4)5/h8-9,14-15,20-21H,6-7,18H2,1-5H3,(H,19,22). The number of aliphatic hydroxyl groups is 2. The first-order valence-corrected chi connectivity index (χ1v) is 7.71. The Morgan fingerprint density at radius 1 is 1.26 bits per heavy atom. The zero-order valence-corrected chi connectivity index (χ0v) is 14.5. The second-order valence-electron chi connectivity index (χ2n) is 6.79. The number of nitrogen functional groups attached to an aromatic ring is 1. The Kier molecular flexibility index (Phi) is 6.41. The Morgan fingerprint density at radius 3 is 2.43 bits per heavy atom. The third-order valence-electron chi connectivity index (χ3n) is 3.45. The van der Waals surface area contributed by atoms with Gasteiger partial charge in [0.25, 0.3) is 0 Å². The molecule has 6 nitrogen and oxygen atoms in total. The fourth-order valence-corrected chi connectivity index (χ4v) is 2.18. The topological polar surface area (TPSA) is 105 Å². The van der Waals surface area contributed by atoms with Gasteiger partial charge in [-0.05, 0) is 63.8 Å². The lowest BCUT2D eigenvalue weighted by atomic mass is 9.95. The van der Waals surface area contributed by atoms with Gasteiger partial charge in [0.1, 0.15) is 11.7 Å². The summed E-state index contributed by atoms with van der Waals surface area (Å²) < 4.78 is 5.10. The number of rotatable bonds is 5. The molecule has 130 valence electrons. The first-order chi connectivity index (χ1) is 10.5. The van der Waals surface area contributed by atoms with Crippen molar-refractivity contribution >= 4 is 11.8 Å². The van der Waals surface area contributed by atoms with E-state index in [2.05, 4.69) is 5.32 Å². The summed E-state index contributed by atoms with van der Waals surface area (Å²) in [6, 6.07) is 3.55. The largest absolute Gasteiger partial charge is 0.444 e. The molecule has 0 aromatic heterocycles. The lowest BCUT2D eigenvalue weighted by molar-refractivity contribution is 0.0119. The molecule has 0 fully saturated rings. The fourth-order valence-electron chi connectivity index (χ4n) is 2.18. The molecule has 0 saturated carbocycles. The highest BCUT2D eigenvalue weighted by atomic mass is 16.6. The number of alkyl carbamates (subject to hydrolysis) is 1. The quantitative estimate of drug-likeness (QED) is 0.622. The Balaban J connectivity index is 2.57. The molecule has 6 heteroatoms. The summed E-state index contributed by atoms with van der Waals surface area (Å²) in [5, 5.41) is 23.0. The molecule has 0 saturated heterocycles. The molecule has 0 aliphatic rings. The lowest BCUT2D eigenvalue weighted by Gasteiger charge is -2.22. The first-order valence-electron chi connectivity index (χ1n) is 7.71. The minimum Gasteiger partial charge on any atom is -0.444 e. The van der Waals surface area contributed by atoms with E-state index in [0.717, 1.165) is 11.1 Å². The van der Waals surface area contributed by atoms with Crippen molar-refractivity contribution in [1.82, 2.24) is 5.32 Å². The van der Waals surface area contributed by atoms with Gasteiger partial charge < -0.3 is 26.0 Å². The number of aliphatic hydroxyl groups excluding tert-OH is 2. The van der Waals surface area contributed by atoms with Gasteiger partial charge in [0.05, 0.1) is 6.10 Å². The van der Waals surface area contributed by atoms with Crippen molar-refractivity contribution in [1.29, 1.82) is 0 Å². The summed E-state index contributed by atoms with van der Waals surface area (Å²) in [6.07, 6.45) is -2.36. The van der Waals surface area contributed by atoms with Crippen molar-refractivity contribution in [3.05, 3.63) is 28.8 Å². The third kappa shape index (κ3) is 6.08. The number of ether oxygens (including phenoxy) is 1. The number of hydrogen-bond donors (Lipinski definition) is 4. The van der Waals surface area contributed by atoms with Crippen molar-refractivity contribution in [3.63, 3.8) is 0 Å². The van der Waals surface area contributed by atoms with Crippen LogP contribution in [0.4, 0.5) is 10.5 Å². The number of carbonyl (C=O) groups is 1. The highest BCUT2D eigenvalue weighted by molar-refractivity contribution is 5.67. The van der Waals surface area contributed by atoms with E-state index < -0.39 is 23.9 Å². The number of aryl methyl sites for hydroxylation is 2. The van der Waals surface area contributed by atoms with Crippen LogP contribution in [0.3, 0.4) is 0 Å². The van der Waals surface area contributed by atoms with Crippen LogP contribution < -0.4 is 11.1 Å². The number of hydrogen-bond acceptors (Lipinski definition) is 5. The van der Waals surface area contributed by atoms with Crippen LogP contribution >= 0.6 is 0 Å². The van der Waals surface area contributed by atoms with Gasteiger partial charge in [-0.25, -0.2) is 4.79 Å². The smallest absolute Gasteiger partial charge is 0.407 e. The average molecular weight is 324 g/mol. The Hall–Kier alpha value is -1.79. The predicted octanol–water partition coefficient (Wildman–Crippen LogP) is 2.19. The summed E-state index contributed by atoms with van der Waals surface area (Å²) >= 11 is 0. The maximum absolute atomic E-state index is 11.5. The highest BCUT2D eigenvalue weighted by Gasteiger charge is 2.21. The molecule has 1 aromatic carbocycles. The minimum absolute atomic E-state index is 0.208. The van der Waals surface area contributed by atoms with E-state index >= 15 is 0 Å². The van der Waals surface area contributed by atoms with E-state index in [1.807, 2.05) is 13.8 Å². The van der Waals surface area contributed by atoms with Gasteiger partial charge in [0.2, 0.25) is 0 Å². The number of anilines is 1. The van der Waals surface area contributed by atoms with E-state index in [1.165, 1.54) is 0 Å². The highest BCUT2D eigenvalue weighted by Crippen LogP contribution is 2.26. The van der Waals surface area contributed by atoms with E-state index in [1.54, 1.807) is 32.9 Å². The number of benzene rings is 1. The molecule has 1 aromatic rings. The average Bonchev–Trinajstić information content (AvgIpc) is 2.40. The van der Waals surface area contributed by atoms with Crippen molar-refractivity contribution < 1.29 is 19.7 Å². The lowest BCUT2D eigenvalue weighted by Crippen LogP contribution is -2.34. The molecule has 1 rings (SSSR count). The van der Waals surface area contributed by atoms with E-state index in [4.69, 9.17) is 10.5 Å². The summed E-state index contributed by atoms with van der Waals surface area (Å²) in [7, 11) is 0. The molecule has 2 atom stereocenters. The van der Waals surface area contributed by atoms with E-state index in [-0.39, 0.29) is 13.0 Å². The molecule has 0 heterocycles. The molecule has 1 amide bonds. The zero-order chi connectivity index (χ0) is 17.8. The van der Waals surface area contributed by atoms with Crippen LogP contribution in [0.2, 0.25) is 0 Å². The third-order valence-corrected chi connectivity index (χ3v) is 3.45. The van der Waals surface area contributed by atoms with Crippen LogP contribution in [0.5, 0.6) is 0 Å². The van der Waals surface area contributed by atoms with Gasteiger partial charge >= 0.3 is 6.09 Å². The second-order valence-corrected chi connectivity index (χ2v) is 6.79. The van der Waals surface area contributed by atoms with Crippen molar-refractivity contribution in [3.8, 4) is 0 Å². The molecular weight excluding hydrogens is 296 g/mol. The maximum Gasteiger partial charge on any atom is 0.407 e. The monoisotopic (exact) mass is 324 g/mol. The number of nitrogens with two attached hydrogens (primary N) is 1. The number of nitrogens with one attached hydrogen (secondary N) is 1. The number of amides is 1. The van der Waals surface area contributed by atoms with Gasteiger partial charge in [-0.15, -0.1) is 0 Å². The van der Waals surface area contributed by atoms with Gasteiger partial charge in [-0.3, -0.25) is 0 Å². The van der Waals surface area contributed by atoms with Crippen LogP contribution in [0.1, 0.15) is 50.0 Å². The molecule has 2 unspecified atom stereocenters. The summed E-state index contributed by atoms with van der Waals surface area (Å²) in [4.78, 5) is 11.5. The SMILES string of the molecule is Cc1cc(C(O)C(O)CCNC(=O)OC(C)(C)C)c(C)cc1N. The van der Waals surface area contributed by atoms with Crippen LogP contribution in [0.25, 0.3) is 0 Å². The summed E-state index contributed by atoms with van der Waals surface area (Å²) in [5.41, 5.74) is 8.22. The second kappa shape index (κ2) is 7.66. The van der Waals surface area contributed by atoms with Gasteiger partial charge in [0.15, 0.2) is 0 Å². The molecular formula is C17H28N2O4. The van der Waals surface area contributed by atoms with E-state index in [0.29, 0.717) is 11.3 Å². The fraction of sp³-hybridized carbons (Fsp3) is 0.588. The molecule has 0 aliphatic heterocycles. The van der Waals surface area contributed by atoms with Crippen LogP contribution in [-0.4, -0.2) is 34.6 Å². The molecule has 0 aliphatic carbocycles. The van der Waals surface area contributed by atoms with Crippen molar-refractivity contribution in [2.75, 3.05) is 12.3 Å². The van der Waals surface area contributed by atoms with Crippen molar-refractivity contribution in [2.24, 2.45) is 0 Å². The molecule has 0 spiro atoms. The predicted molar refractivity (Wildman–Crippen MR) is 90.1 cm³/mol. The minimum atomic E-state index is -1.03. The van der Waals surface area contributed by atoms with E-state index in [9.17, 15) is 15.0 Å².